The van der Waals surface area contributed by atoms with E-state index in [2.05, 4.69) is 0 Å². The molecule has 5 rings (SSSR count). The second-order valence-electron chi connectivity index (χ2n) is 8.53. The van der Waals surface area contributed by atoms with Gasteiger partial charge in [-0.15, -0.1) is 0 Å². The van der Waals surface area contributed by atoms with Crippen LogP contribution in [0, 0.1) is 29.4 Å². The van der Waals surface area contributed by atoms with E-state index >= 15 is 0 Å². The molecule has 26 heavy (non-hydrogen) atoms. The van der Waals surface area contributed by atoms with Crippen molar-refractivity contribution in [1.29, 1.82) is 0 Å². The zero-order valence-electron chi connectivity index (χ0n) is 14.7. The van der Waals surface area contributed by atoms with E-state index in [0.29, 0.717) is 23.3 Å². The number of benzene rings is 1. The third-order valence-electron chi connectivity index (χ3n) is 6.51. The van der Waals surface area contributed by atoms with Crippen molar-refractivity contribution in [3.63, 3.8) is 0 Å². The molecule has 1 aromatic rings. The van der Waals surface area contributed by atoms with E-state index in [1.54, 1.807) is 6.07 Å². The average Bonchev–Trinajstić information content (AvgIpc) is 2.53. The van der Waals surface area contributed by atoms with Gasteiger partial charge in [0.05, 0.1) is 12.8 Å². The van der Waals surface area contributed by atoms with E-state index in [1.165, 1.54) is 25.3 Å². The highest BCUT2D eigenvalue weighted by Gasteiger charge is 2.52. The van der Waals surface area contributed by atoms with Gasteiger partial charge in [0.2, 0.25) is 5.82 Å². The summed E-state index contributed by atoms with van der Waals surface area (Å²) >= 11 is 0. The Morgan fingerprint density at radius 2 is 1.62 bits per heavy atom. The molecular formula is C19H25F2O4P. The highest BCUT2D eigenvalue weighted by atomic mass is 31.2. The van der Waals surface area contributed by atoms with Crippen LogP contribution >= 0.6 is 7.60 Å². The summed E-state index contributed by atoms with van der Waals surface area (Å²) in [6.45, 7) is -0.0574. The van der Waals surface area contributed by atoms with Gasteiger partial charge in [0.25, 0.3) is 0 Å². The first kappa shape index (κ1) is 18.4. The van der Waals surface area contributed by atoms with Gasteiger partial charge < -0.3 is 14.5 Å². The Labute approximate surface area is 152 Å². The molecule has 0 heterocycles. The van der Waals surface area contributed by atoms with Crippen LogP contribution in [-0.4, -0.2) is 22.6 Å². The fourth-order valence-corrected chi connectivity index (χ4v) is 6.49. The monoisotopic (exact) mass is 386 g/mol. The Morgan fingerprint density at radius 3 is 2.15 bits per heavy atom. The zero-order chi connectivity index (χ0) is 18.5. The van der Waals surface area contributed by atoms with Crippen LogP contribution < -0.4 is 4.74 Å². The number of halogens is 2. The molecule has 4 nitrogen and oxygen atoms in total. The summed E-state index contributed by atoms with van der Waals surface area (Å²) in [7, 11) is -4.10. The lowest BCUT2D eigenvalue weighted by atomic mass is 9.48. The maximum Gasteiger partial charge on any atom is 0.325 e. The van der Waals surface area contributed by atoms with Gasteiger partial charge in [-0.1, -0.05) is 6.07 Å². The first-order valence-corrected chi connectivity index (χ1v) is 11.2. The predicted molar refractivity (Wildman–Crippen MR) is 93.2 cm³/mol. The fraction of sp³-hybridized carbons (Fsp3) is 0.684. The number of hydrogen-bond donors (Lipinski definition) is 2. The summed E-state index contributed by atoms with van der Waals surface area (Å²) in [6.07, 6.45) is 6.34. The first-order valence-electron chi connectivity index (χ1n) is 9.42. The smallest absolute Gasteiger partial charge is 0.325 e. The molecule has 0 aromatic heterocycles. The summed E-state index contributed by atoms with van der Waals surface area (Å²) in [5, 5.41) is 0. The first-order chi connectivity index (χ1) is 12.3. The molecule has 0 radical (unpaired) electrons. The molecule has 0 saturated heterocycles. The molecule has 4 bridgehead atoms. The largest absolute Gasteiger partial charge is 0.490 e. The van der Waals surface area contributed by atoms with Crippen LogP contribution in [0.25, 0.3) is 0 Å². The van der Waals surface area contributed by atoms with Crippen molar-refractivity contribution in [1.82, 2.24) is 0 Å². The van der Waals surface area contributed by atoms with Crippen molar-refractivity contribution in [3.05, 3.63) is 29.3 Å². The number of ether oxygens (including phenoxy) is 1. The minimum absolute atomic E-state index is 0.0574. The molecule has 0 unspecified atom stereocenters. The Morgan fingerprint density at radius 1 is 1.04 bits per heavy atom. The van der Waals surface area contributed by atoms with E-state index < -0.39 is 19.2 Å². The van der Waals surface area contributed by atoms with Crippen LogP contribution in [0.15, 0.2) is 12.1 Å². The summed E-state index contributed by atoms with van der Waals surface area (Å²) in [5.41, 5.74) is 0.273. The van der Waals surface area contributed by atoms with Crippen molar-refractivity contribution in [3.8, 4) is 5.75 Å². The van der Waals surface area contributed by atoms with Crippen molar-refractivity contribution < 1.29 is 27.9 Å². The number of hydrogen-bond acceptors (Lipinski definition) is 2. The third kappa shape index (κ3) is 3.44. The molecule has 4 fully saturated rings. The van der Waals surface area contributed by atoms with Gasteiger partial charge in [-0.3, -0.25) is 4.57 Å². The van der Waals surface area contributed by atoms with E-state index in [9.17, 15) is 13.3 Å². The number of rotatable bonds is 6. The molecule has 144 valence electrons. The van der Waals surface area contributed by atoms with E-state index in [0.717, 1.165) is 19.3 Å². The highest BCUT2D eigenvalue weighted by Crippen LogP contribution is 2.61. The third-order valence-corrected chi connectivity index (χ3v) is 7.41. The quantitative estimate of drug-likeness (QED) is 0.563. The van der Waals surface area contributed by atoms with Gasteiger partial charge in [-0.05, 0) is 79.7 Å². The Hall–Kier alpha value is -0.970. The van der Waals surface area contributed by atoms with Crippen LogP contribution in [0.3, 0.4) is 0 Å². The lowest BCUT2D eigenvalue weighted by Crippen LogP contribution is -2.49. The van der Waals surface area contributed by atoms with Crippen molar-refractivity contribution in [2.24, 2.45) is 17.8 Å². The Kier molecular flexibility index (Phi) is 4.65. The molecular weight excluding hydrogens is 361 g/mol. The molecule has 4 saturated carbocycles. The SMILES string of the molecule is O=P(O)(O)CCCOc1ccc(C23CC4CC(CC(C4)C2)C3)c(F)c1F. The van der Waals surface area contributed by atoms with Gasteiger partial charge in [-0.2, -0.15) is 4.39 Å². The van der Waals surface area contributed by atoms with Gasteiger partial charge >= 0.3 is 7.60 Å². The Balaban J connectivity index is 1.51. The summed E-state index contributed by atoms with van der Waals surface area (Å²) in [5.74, 6) is -0.0255. The summed E-state index contributed by atoms with van der Waals surface area (Å²) in [4.78, 5) is 17.6. The molecule has 4 aliphatic rings. The second-order valence-corrected chi connectivity index (χ2v) is 10.3. The van der Waals surface area contributed by atoms with Crippen LogP contribution in [-0.2, 0) is 9.98 Å². The predicted octanol–water partition coefficient (Wildman–Crippen LogP) is 4.38. The van der Waals surface area contributed by atoms with Gasteiger partial charge in [-0.25, -0.2) is 4.39 Å². The molecule has 0 amide bonds. The standard InChI is InChI=1S/C19H25F2O4P/c20-17-15(19-9-12-6-13(10-19)8-14(7-12)11-19)2-3-16(18(17)21)25-4-1-5-26(22,23)24/h2-3,12-14H,1,4-11H2,(H2,22,23,24). The van der Waals surface area contributed by atoms with Crippen LogP contribution in [0.4, 0.5) is 8.78 Å². The van der Waals surface area contributed by atoms with E-state index in [-0.39, 0.29) is 30.4 Å². The molecule has 7 heteroatoms. The van der Waals surface area contributed by atoms with Crippen LogP contribution in [0.5, 0.6) is 5.75 Å². The topological polar surface area (TPSA) is 66.8 Å². The van der Waals surface area contributed by atoms with Gasteiger partial charge in [0.1, 0.15) is 0 Å². The highest BCUT2D eigenvalue weighted by molar-refractivity contribution is 7.51. The minimum atomic E-state index is -4.10. The minimum Gasteiger partial charge on any atom is -0.490 e. The second kappa shape index (κ2) is 6.57. The zero-order valence-corrected chi connectivity index (χ0v) is 15.6. The van der Waals surface area contributed by atoms with E-state index in [4.69, 9.17) is 14.5 Å². The molecule has 1 aromatic carbocycles. The fourth-order valence-electron chi connectivity index (χ4n) is 5.95. The van der Waals surface area contributed by atoms with Crippen molar-refractivity contribution >= 4 is 7.60 Å². The van der Waals surface area contributed by atoms with Crippen molar-refractivity contribution in [2.45, 2.75) is 50.4 Å². The molecule has 0 spiro atoms. The lowest BCUT2D eigenvalue weighted by molar-refractivity contribution is -0.00708. The average molecular weight is 386 g/mol. The maximum absolute atomic E-state index is 14.9. The van der Waals surface area contributed by atoms with Gasteiger partial charge in [0, 0.05) is 0 Å². The normalized spacial score (nSPS) is 32.8. The van der Waals surface area contributed by atoms with Gasteiger partial charge in [0.15, 0.2) is 11.6 Å². The molecule has 0 atom stereocenters. The maximum atomic E-state index is 14.9. The lowest BCUT2D eigenvalue weighted by Gasteiger charge is -2.57. The Bertz CT molecular complexity index is 710. The molecule has 4 aliphatic carbocycles. The summed E-state index contributed by atoms with van der Waals surface area (Å²) < 4.78 is 45.5. The molecule has 0 aliphatic heterocycles. The van der Waals surface area contributed by atoms with Crippen LogP contribution in [0.2, 0.25) is 0 Å². The summed E-state index contributed by atoms with van der Waals surface area (Å²) in [6, 6.07) is 3.15. The van der Waals surface area contributed by atoms with E-state index in [1.807, 2.05) is 0 Å². The van der Waals surface area contributed by atoms with Crippen LogP contribution in [0.1, 0.15) is 50.5 Å². The van der Waals surface area contributed by atoms with Crippen molar-refractivity contribution in [2.75, 3.05) is 12.8 Å². The molecule has 2 N–H and O–H groups in total.